The third-order valence-electron chi connectivity index (χ3n) is 5.68. The van der Waals surface area contributed by atoms with Gasteiger partial charge in [0.15, 0.2) is 0 Å². The molecule has 2 aliphatic rings. The number of aromatic nitrogens is 1. The van der Waals surface area contributed by atoms with Crippen LogP contribution in [0.15, 0.2) is 42.6 Å². The smallest absolute Gasteiger partial charge is 0.270 e. The number of aryl methyl sites for hydroxylation is 1. The van der Waals surface area contributed by atoms with Crippen molar-refractivity contribution < 1.29 is 4.79 Å². The molecule has 4 rings (SSSR count). The lowest BCUT2D eigenvalue weighted by molar-refractivity contribution is 0.0933. The van der Waals surface area contributed by atoms with Gasteiger partial charge in [-0.1, -0.05) is 25.0 Å². The Morgan fingerprint density at radius 1 is 1.00 bits per heavy atom. The molecule has 1 amide bonds. The normalized spacial score (nSPS) is 18.0. The van der Waals surface area contributed by atoms with E-state index < -0.39 is 0 Å². The molecule has 142 valence electrons. The van der Waals surface area contributed by atoms with Crippen molar-refractivity contribution in [2.24, 2.45) is 0 Å². The average Bonchev–Trinajstić information content (AvgIpc) is 3.21. The summed E-state index contributed by atoms with van der Waals surface area (Å²) in [6.07, 6.45) is 6.36. The van der Waals surface area contributed by atoms with Crippen molar-refractivity contribution in [3.05, 3.63) is 53.9 Å². The molecule has 0 spiro atoms. The number of piperazine rings is 1. The van der Waals surface area contributed by atoms with E-state index in [2.05, 4.69) is 51.3 Å². The molecule has 5 nitrogen and oxygen atoms in total. The van der Waals surface area contributed by atoms with Crippen LogP contribution in [0.2, 0.25) is 0 Å². The number of nitrogens with zero attached hydrogens (tertiary/aromatic N) is 3. The topological polar surface area (TPSA) is 48.5 Å². The number of pyridine rings is 1. The van der Waals surface area contributed by atoms with E-state index in [1.165, 1.54) is 24.1 Å². The molecule has 0 bridgehead atoms. The number of rotatable bonds is 4. The van der Waals surface area contributed by atoms with Gasteiger partial charge in [-0.25, -0.2) is 0 Å². The van der Waals surface area contributed by atoms with Gasteiger partial charge in [-0.05, 0) is 49.6 Å². The lowest BCUT2D eigenvalue weighted by Gasteiger charge is -2.37. The van der Waals surface area contributed by atoms with Gasteiger partial charge in [0, 0.05) is 49.8 Å². The number of carbonyl (C=O) groups is 1. The van der Waals surface area contributed by atoms with Crippen molar-refractivity contribution in [2.45, 2.75) is 38.6 Å². The van der Waals surface area contributed by atoms with Crippen LogP contribution in [0.3, 0.4) is 0 Å². The molecule has 1 aromatic carbocycles. The van der Waals surface area contributed by atoms with Crippen molar-refractivity contribution in [1.82, 2.24) is 10.3 Å². The van der Waals surface area contributed by atoms with Gasteiger partial charge in [0.1, 0.15) is 5.69 Å². The van der Waals surface area contributed by atoms with E-state index in [1.54, 1.807) is 6.20 Å². The highest BCUT2D eigenvalue weighted by molar-refractivity contribution is 5.93. The Bertz CT molecular complexity index is 792. The predicted octanol–water partition coefficient (Wildman–Crippen LogP) is 3.39. The van der Waals surface area contributed by atoms with E-state index in [-0.39, 0.29) is 5.91 Å². The number of hydrogen-bond acceptors (Lipinski definition) is 4. The Hall–Kier alpha value is -2.56. The summed E-state index contributed by atoms with van der Waals surface area (Å²) in [4.78, 5) is 21.6. The molecule has 2 aromatic rings. The minimum absolute atomic E-state index is 0.0397. The first-order chi connectivity index (χ1) is 13.2. The molecule has 5 heteroatoms. The number of anilines is 2. The number of carbonyl (C=O) groups excluding carboxylic acids is 1. The van der Waals surface area contributed by atoms with Gasteiger partial charge in [0.05, 0.1) is 0 Å². The second-order valence-electron chi connectivity index (χ2n) is 7.67. The van der Waals surface area contributed by atoms with Crippen LogP contribution in [0, 0.1) is 6.92 Å². The molecule has 27 heavy (non-hydrogen) atoms. The highest BCUT2D eigenvalue weighted by Crippen LogP contribution is 2.22. The first kappa shape index (κ1) is 17.8. The van der Waals surface area contributed by atoms with E-state index in [9.17, 15) is 4.79 Å². The van der Waals surface area contributed by atoms with Gasteiger partial charge in [0.25, 0.3) is 5.91 Å². The minimum Gasteiger partial charge on any atom is -0.368 e. The standard InChI is InChI=1S/C22H28N4O/c1-17-5-4-8-19(15-17)25-11-13-26(14-12-25)20-9-10-23-21(16-20)22(27)24-18-6-2-3-7-18/h4-5,8-10,15-16,18H,2-3,6-7,11-14H2,1H3,(H,24,27). The number of amides is 1. The lowest BCUT2D eigenvalue weighted by Crippen LogP contribution is -2.46. The second-order valence-corrected chi connectivity index (χ2v) is 7.67. The first-order valence-corrected chi connectivity index (χ1v) is 10.0. The summed E-state index contributed by atoms with van der Waals surface area (Å²) < 4.78 is 0. The average molecular weight is 364 g/mol. The molecular weight excluding hydrogens is 336 g/mol. The monoisotopic (exact) mass is 364 g/mol. The fourth-order valence-corrected chi connectivity index (χ4v) is 4.12. The molecule has 1 aliphatic heterocycles. The van der Waals surface area contributed by atoms with Gasteiger partial charge in [0.2, 0.25) is 0 Å². The Morgan fingerprint density at radius 3 is 2.33 bits per heavy atom. The highest BCUT2D eigenvalue weighted by Gasteiger charge is 2.21. The minimum atomic E-state index is -0.0397. The van der Waals surface area contributed by atoms with Crippen LogP contribution in [-0.4, -0.2) is 43.1 Å². The molecule has 1 N–H and O–H groups in total. The maximum atomic E-state index is 12.5. The Balaban J connectivity index is 1.39. The summed E-state index contributed by atoms with van der Waals surface area (Å²) in [5, 5.41) is 3.13. The molecular formula is C22H28N4O. The molecule has 1 aromatic heterocycles. The zero-order valence-electron chi connectivity index (χ0n) is 16.0. The number of hydrogen-bond donors (Lipinski definition) is 1. The zero-order valence-corrected chi connectivity index (χ0v) is 16.0. The van der Waals surface area contributed by atoms with Crippen molar-refractivity contribution >= 4 is 17.3 Å². The second kappa shape index (κ2) is 7.99. The fourth-order valence-electron chi connectivity index (χ4n) is 4.12. The van der Waals surface area contributed by atoms with Crippen molar-refractivity contribution in [2.75, 3.05) is 36.0 Å². The van der Waals surface area contributed by atoms with Crippen LogP contribution in [0.25, 0.3) is 0 Å². The molecule has 2 fully saturated rings. The van der Waals surface area contributed by atoms with Gasteiger partial charge in [-0.2, -0.15) is 0 Å². The molecule has 0 atom stereocenters. The van der Waals surface area contributed by atoms with E-state index in [1.807, 2.05) is 12.1 Å². The van der Waals surface area contributed by atoms with E-state index in [4.69, 9.17) is 0 Å². The summed E-state index contributed by atoms with van der Waals surface area (Å²) in [6.45, 7) is 5.99. The SMILES string of the molecule is Cc1cccc(N2CCN(c3ccnc(C(=O)NC4CCCC4)c3)CC2)c1. The van der Waals surface area contributed by atoms with Crippen molar-refractivity contribution in [3.63, 3.8) is 0 Å². The van der Waals surface area contributed by atoms with Crippen molar-refractivity contribution in [1.29, 1.82) is 0 Å². The summed E-state index contributed by atoms with van der Waals surface area (Å²) in [7, 11) is 0. The van der Waals surface area contributed by atoms with Gasteiger partial charge >= 0.3 is 0 Å². The van der Waals surface area contributed by atoms with Gasteiger partial charge < -0.3 is 15.1 Å². The van der Waals surface area contributed by atoms with E-state index in [0.717, 1.165) is 44.7 Å². The fraction of sp³-hybridized carbons (Fsp3) is 0.455. The molecule has 1 saturated heterocycles. The summed E-state index contributed by atoms with van der Waals surface area (Å²) in [6, 6.07) is 12.9. The summed E-state index contributed by atoms with van der Waals surface area (Å²) in [5.41, 5.74) is 4.20. The largest absolute Gasteiger partial charge is 0.368 e. The van der Waals surface area contributed by atoms with Crippen LogP contribution in [0.1, 0.15) is 41.7 Å². The van der Waals surface area contributed by atoms with Gasteiger partial charge in [-0.3, -0.25) is 9.78 Å². The molecule has 0 radical (unpaired) electrons. The maximum Gasteiger partial charge on any atom is 0.270 e. The molecule has 0 unspecified atom stereocenters. The quantitative estimate of drug-likeness (QED) is 0.903. The van der Waals surface area contributed by atoms with Crippen LogP contribution >= 0.6 is 0 Å². The van der Waals surface area contributed by atoms with Crippen LogP contribution in [-0.2, 0) is 0 Å². The third kappa shape index (κ3) is 4.24. The first-order valence-electron chi connectivity index (χ1n) is 10.0. The van der Waals surface area contributed by atoms with Crippen LogP contribution in [0.5, 0.6) is 0 Å². The zero-order chi connectivity index (χ0) is 18.6. The molecule has 2 heterocycles. The third-order valence-corrected chi connectivity index (χ3v) is 5.68. The maximum absolute atomic E-state index is 12.5. The summed E-state index contributed by atoms with van der Waals surface area (Å²) >= 11 is 0. The highest BCUT2D eigenvalue weighted by atomic mass is 16.1. The predicted molar refractivity (Wildman–Crippen MR) is 110 cm³/mol. The Morgan fingerprint density at radius 2 is 1.67 bits per heavy atom. The van der Waals surface area contributed by atoms with Gasteiger partial charge in [-0.15, -0.1) is 0 Å². The lowest BCUT2D eigenvalue weighted by atomic mass is 10.1. The van der Waals surface area contributed by atoms with Crippen LogP contribution in [0.4, 0.5) is 11.4 Å². The van der Waals surface area contributed by atoms with E-state index >= 15 is 0 Å². The Kier molecular flexibility index (Phi) is 5.28. The van der Waals surface area contributed by atoms with Crippen molar-refractivity contribution in [3.8, 4) is 0 Å². The molecule has 1 saturated carbocycles. The molecule has 1 aliphatic carbocycles. The van der Waals surface area contributed by atoms with E-state index in [0.29, 0.717) is 11.7 Å². The Labute approximate surface area is 161 Å². The number of benzene rings is 1. The van der Waals surface area contributed by atoms with Crippen LogP contribution < -0.4 is 15.1 Å². The summed E-state index contributed by atoms with van der Waals surface area (Å²) in [5.74, 6) is -0.0397. The number of nitrogens with one attached hydrogen (secondary N) is 1.